The third kappa shape index (κ3) is 2.96. The first-order valence-corrected chi connectivity index (χ1v) is 5.91. The average Bonchev–Trinajstić information content (AvgIpc) is 2.83. The summed E-state index contributed by atoms with van der Waals surface area (Å²) in [5.41, 5.74) is 0.860. The lowest BCUT2D eigenvalue weighted by Crippen LogP contribution is -2.37. The van der Waals surface area contributed by atoms with Crippen LogP contribution in [-0.4, -0.2) is 37.5 Å². The van der Waals surface area contributed by atoms with Gasteiger partial charge in [0.25, 0.3) is 0 Å². The molecule has 0 aliphatic carbocycles. The number of halogens is 1. The van der Waals surface area contributed by atoms with E-state index in [1.165, 1.54) is 12.1 Å². The summed E-state index contributed by atoms with van der Waals surface area (Å²) in [7, 11) is 1.85. The number of carbonyl (C=O) groups is 1. The van der Waals surface area contributed by atoms with E-state index in [-0.39, 0.29) is 11.7 Å². The van der Waals surface area contributed by atoms with Crippen LogP contribution < -0.4 is 4.90 Å². The summed E-state index contributed by atoms with van der Waals surface area (Å²) < 4.78 is 12.8. The quantitative estimate of drug-likeness (QED) is 0.800. The van der Waals surface area contributed by atoms with E-state index >= 15 is 0 Å². The Bertz CT molecular complexity index is 385. The number of likely N-dealkylation sites (tertiary alicyclic amines) is 1. The molecular weight excluding hydrogens is 219 g/mol. The molecule has 1 heterocycles. The molecule has 0 aromatic heterocycles. The summed E-state index contributed by atoms with van der Waals surface area (Å²) in [4.78, 5) is 15.6. The van der Waals surface area contributed by atoms with Crippen LogP contribution in [0.3, 0.4) is 0 Å². The van der Waals surface area contributed by atoms with Gasteiger partial charge in [0, 0.05) is 25.8 Å². The highest BCUT2D eigenvalue weighted by molar-refractivity contribution is 5.81. The van der Waals surface area contributed by atoms with Crippen LogP contribution in [0.5, 0.6) is 0 Å². The van der Waals surface area contributed by atoms with Gasteiger partial charge in [0.15, 0.2) is 0 Å². The summed E-state index contributed by atoms with van der Waals surface area (Å²) in [5.74, 6) is -0.109. The Balaban J connectivity index is 1.93. The monoisotopic (exact) mass is 236 g/mol. The van der Waals surface area contributed by atoms with Crippen LogP contribution >= 0.6 is 0 Å². The maximum absolute atomic E-state index is 12.8. The second-order valence-electron chi connectivity index (χ2n) is 4.42. The van der Waals surface area contributed by atoms with E-state index in [4.69, 9.17) is 0 Å². The van der Waals surface area contributed by atoms with Crippen molar-refractivity contribution in [1.29, 1.82) is 0 Å². The first kappa shape index (κ1) is 11.9. The largest absolute Gasteiger partial charge is 0.365 e. The molecule has 0 spiro atoms. The molecule has 3 nitrogen and oxygen atoms in total. The Labute approximate surface area is 101 Å². The van der Waals surface area contributed by atoms with Crippen LogP contribution in [0.4, 0.5) is 10.1 Å². The molecule has 2 rings (SSSR count). The molecule has 1 fully saturated rings. The van der Waals surface area contributed by atoms with Crippen molar-refractivity contribution in [2.24, 2.45) is 0 Å². The SMILES string of the molecule is CN(CC(=O)N1CCCC1)c1ccc(F)cc1. The Kier molecular flexibility index (Phi) is 3.61. The van der Waals surface area contributed by atoms with Gasteiger partial charge >= 0.3 is 0 Å². The fraction of sp³-hybridized carbons (Fsp3) is 0.462. The normalized spacial score (nSPS) is 15.1. The number of hydrogen-bond donors (Lipinski definition) is 0. The third-order valence-corrected chi connectivity index (χ3v) is 3.10. The highest BCUT2D eigenvalue weighted by atomic mass is 19.1. The first-order valence-electron chi connectivity index (χ1n) is 5.91. The minimum atomic E-state index is -0.256. The van der Waals surface area contributed by atoms with Gasteiger partial charge in [-0.2, -0.15) is 0 Å². The summed E-state index contributed by atoms with van der Waals surface area (Å²) in [6.45, 7) is 2.10. The van der Waals surface area contributed by atoms with Crippen molar-refractivity contribution in [3.8, 4) is 0 Å². The number of carbonyl (C=O) groups excluding carboxylic acids is 1. The van der Waals surface area contributed by atoms with Crippen LogP contribution in [0, 0.1) is 5.82 Å². The predicted molar refractivity (Wildman–Crippen MR) is 65.5 cm³/mol. The van der Waals surface area contributed by atoms with Gasteiger partial charge in [0.1, 0.15) is 5.82 Å². The first-order chi connectivity index (χ1) is 8.16. The fourth-order valence-corrected chi connectivity index (χ4v) is 2.06. The standard InChI is InChI=1S/C13H17FN2O/c1-15(12-6-4-11(14)5-7-12)10-13(17)16-8-2-3-9-16/h4-7H,2-3,8-10H2,1H3. The number of nitrogens with zero attached hydrogens (tertiary/aromatic N) is 2. The molecule has 1 aromatic rings. The third-order valence-electron chi connectivity index (χ3n) is 3.10. The van der Waals surface area contributed by atoms with E-state index in [2.05, 4.69) is 0 Å². The lowest BCUT2D eigenvalue weighted by Gasteiger charge is -2.22. The van der Waals surface area contributed by atoms with E-state index < -0.39 is 0 Å². The van der Waals surface area contributed by atoms with Gasteiger partial charge in [-0.1, -0.05) is 0 Å². The van der Waals surface area contributed by atoms with Crippen LogP contribution in [0.2, 0.25) is 0 Å². The zero-order valence-corrected chi connectivity index (χ0v) is 10.0. The van der Waals surface area contributed by atoms with E-state index in [1.807, 2.05) is 16.8 Å². The Morgan fingerprint density at radius 2 is 1.88 bits per heavy atom. The smallest absolute Gasteiger partial charge is 0.242 e. The summed E-state index contributed by atoms with van der Waals surface area (Å²) in [6, 6.07) is 6.19. The average molecular weight is 236 g/mol. The number of amides is 1. The molecule has 1 aliphatic rings. The van der Waals surface area contributed by atoms with Gasteiger partial charge < -0.3 is 9.80 Å². The number of likely N-dealkylation sites (N-methyl/N-ethyl adjacent to an activating group) is 1. The van der Waals surface area contributed by atoms with Crippen LogP contribution in [0.15, 0.2) is 24.3 Å². The highest BCUT2D eigenvalue weighted by Gasteiger charge is 2.19. The van der Waals surface area contributed by atoms with Gasteiger partial charge in [-0.3, -0.25) is 4.79 Å². The molecule has 1 aromatic carbocycles. The number of rotatable bonds is 3. The van der Waals surface area contributed by atoms with Crippen molar-refractivity contribution in [1.82, 2.24) is 4.90 Å². The molecule has 1 saturated heterocycles. The molecule has 17 heavy (non-hydrogen) atoms. The van der Waals surface area contributed by atoms with Crippen molar-refractivity contribution < 1.29 is 9.18 Å². The van der Waals surface area contributed by atoms with Gasteiger partial charge in [0.05, 0.1) is 6.54 Å². The molecule has 1 amide bonds. The fourth-order valence-electron chi connectivity index (χ4n) is 2.06. The van der Waals surface area contributed by atoms with Crippen LogP contribution in [0.1, 0.15) is 12.8 Å². The van der Waals surface area contributed by atoms with Crippen molar-refractivity contribution in [2.45, 2.75) is 12.8 Å². The van der Waals surface area contributed by atoms with Crippen molar-refractivity contribution in [3.05, 3.63) is 30.1 Å². The minimum Gasteiger partial charge on any atom is -0.365 e. The topological polar surface area (TPSA) is 23.6 Å². The van der Waals surface area contributed by atoms with E-state index in [0.717, 1.165) is 31.6 Å². The zero-order valence-electron chi connectivity index (χ0n) is 10.0. The van der Waals surface area contributed by atoms with Crippen molar-refractivity contribution >= 4 is 11.6 Å². The predicted octanol–water partition coefficient (Wildman–Crippen LogP) is 1.88. The Morgan fingerprint density at radius 3 is 2.47 bits per heavy atom. The second kappa shape index (κ2) is 5.17. The number of hydrogen-bond acceptors (Lipinski definition) is 2. The molecule has 0 N–H and O–H groups in total. The van der Waals surface area contributed by atoms with Gasteiger partial charge in [0.2, 0.25) is 5.91 Å². The molecular formula is C13H17FN2O. The highest BCUT2D eigenvalue weighted by Crippen LogP contribution is 2.14. The summed E-state index contributed by atoms with van der Waals surface area (Å²) in [5, 5.41) is 0. The lowest BCUT2D eigenvalue weighted by atomic mass is 10.3. The minimum absolute atomic E-state index is 0.148. The van der Waals surface area contributed by atoms with Crippen molar-refractivity contribution in [3.63, 3.8) is 0 Å². The lowest BCUT2D eigenvalue weighted by molar-refractivity contribution is -0.128. The second-order valence-corrected chi connectivity index (χ2v) is 4.42. The molecule has 0 saturated carbocycles. The Morgan fingerprint density at radius 1 is 1.29 bits per heavy atom. The van der Waals surface area contributed by atoms with E-state index in [0.29, 0.717) is 6.54 Å². The molecule has 4 heteroatoms. The number of benzene rings is 1. The Hall–Kier alpha value is -1.58. The van der Waals surface area contributed by atoms with E-state index in [9.17, 15) is 9.18 Å². The summed E-state index contributed by atoms with van der Waals surface area (Å²) >= 11 is 0. The van der Waals surface area contributed by atoms with Crippen molar-refractivity contribution in [2.75, 3.05) is 31.6 Å². The number of anilines is 1. The molecule has 0 atom stereocenters. The van der Waals surface area contributed by atoms with E-state index in [1.54, 1.807) is 12.1 Å². The maximum atomic E-state index is 12.8. The molecule has 0 unspecified atom stereocenters. The molecule has 0 radical (unpaired) electrons. The van der Waals surface area contributed by atoms with Crippen LogP contribution in [0.25, 0.3) is 0 Å². The molecule has 0 bridgehead atoms. The molecule has 92 valence electrons. The van der Waals surface area contributed by atoms with Gasteiger partial charge in [-0.25, -0.2) is 4.39 Å². The zero-order chi connectivity index (χ0) is 12.3. The van der Waals surface area contributed by atoms with Crippen LogP contribution in [-0.2, 0) is 4.79 Å². The van der Waals surface area contributed by atoms with Gasteiger partial charge in [-0.05, 0) is 37.1 Å². The molecule has 1 aliphatic heterocycles. The maximum Gasteiger partial charge on any atom is 0.242 e. The van der Waals surface area contributed by atoms with Gasteiger partial charge in [-0.15, -0.1) is 0 Å². The summed E-state index contributed by atoms with van der Waals surface area (Å²) in [6.07, 6.45) is 2.21.